The molecule has 8 nitrogen and oxygen atoms in total. The van der Waals surface area contributed by atoms with Crippen LogP contribution in [0.4, 0.5) is 15.8 Å². The molecule has 4 aromatic rings. The normalized spacial score (nSPS) is 10.6. The van der Waals surface area contributed by atoms with Crippen LogP contribution < -0.4 is 20.8 Å². The summed E-state index contributed by atoms with van der Waals surface area (Å²) in [5, 5.41) is 5.91. The van der Waals surface area contributed by atoms with Crippen LogP contribution in [-0.4, -0.2) is 29.0 Å². The maximum Gasteiger partial charge on any atom is 0.328 e. The molecule has 0 unspecified atom stereocenters. The number of carbonyl (C=O) groups excluding carboxylic acids is 3. The van der Waals surface area contributed by atoms with Crippen molar-refractivity contribution in [3.05, 3.63) is 89.3 Å². The predicted molar refractivity (Wildman–Crippen MR) is 132 cm³/mol. The van der Waals surface area contributed by atoms with Gasteiger partial charge in [-0.1, -0.05) is 35.9 Å². The smallest absolute Gasteiger partial charge is 0.328 e. The Morgan fingerprint density at radius 1 is 0.914 bits per heavy atom. The maximum absolute atomic E-state index is 14.1. The highest BCUT2D eigenvalue weighted by atomic mass is 35.5. The maximum atomic E-state index is 14.1. The fourth-order valence-electron chi connectivity index (χ4n) is 3.41. The molecule has 0 radical (unpaired) electrons. The largest absolute Gasteiger partial charge is 0.492 e. The molecule has 0 atom stereocenters. The third kappa shape index (κ3) is 5.25. The van der Waals surface area contributed by atoms with Crippen LogP contribution in [-0.2, 0) is 9.59 Å². The van der Waals surface area contributed by atoms with Crippen LogP contribution in [0.15, 0.2) is 72.8 Å². The summed E-state index contributed by atoms with van der Waals surface area (Å²) in [6.45, 7) is 2.17. The Labute approximate surface area is 204 Å². The average molecular weight is 495 g/mol. The molecule has 10 heteroatoms. The Kier molecular flexibility index (Phi) is 6.98. The molecule has 35 heavy (non-hydrogen) atoms. The van der Waals surface area contributed by atoms with Crippen LogP contribution in [0.25, 0.3) is 10.9 Å². The van der Waals surface area contributed by atoms with Gasteiger partial charge in [0.1, 0.15) is 17.3 Å². The molecular formula is C25H20ClFN4O4. The van der Waals surface area contributed by atoms with Gasteiger partial charge in [0, 0.05) is 10.4 Å². The lowest BCUT2D eigenvalue weighted by molar-refractivity contribution is -0.133. The molecule has 0 bridgehead atoms. The van der Waals surface area contributed by atoms with E-state index < -0.39 is 23.5 Å². The van der Waals surface area contributed by atoms with Gasteiger partial charge in [0.15, 0.2) is 0 Å². The molecule has 0 aliphatic rings. The van der Waals surface area contributed by atoms with Crippen molar-refractivity contribution in [3.63, 3.8) is 0 Å². The first-order valence-corrected chi connectivity index (χ1v) is 11.0. The van der Waals surface area contributed by atoms with Crippen LogP contribution in [0, 0.1) is 5.82 Å². The van der Waals surface area contributed by atoms with E-state index in [9.17, 15) is 18.8 Å². The minimum Gasteiger partial charge on any atom is -0.492 e. The second-order valence-corrected chi connectivity index (χ2v) is 7.76. The Morgan fingerprint density at radius 3 is 2.37 bits per heavy atom. The minimum absolute atomic E-state index is 0.0380. The number of carbonyl (C=O) groups is 3. The van der Waals surface area contributed by atoms with E-state index in [4.69, 9.17) is 16.3 Å². The van der Waals surface area contributed by atoms with Gasteiger partial charge in [-0.05, 0) is 55.5 Å². The highest BCUT2D eigenvalue weighted by Gasteiger charge is 2.22. The van der Waals surface area contributed by atoms with E-state index in [1.807, 2.05) is 0 Å². The second kappa shape index (κ2) is 10.3. The summed E-state index contributed by atoms with van der Waals surface area (Å²) in [4.78, 5) is 38.4. The predicted octanol–water partition coefficient (Wildman–Crippen LogP) is 4.79. The van der Waals surface area contributed by atoms with Gasteiger partial charge in [-0.2, -0.15) is 0 Å². The third-order valence-corrected chi connectivity index (χ3v) is 5.21. The number of benzene rings is 3. The number of anilines is 2. The topological polar surface area (TPSA) is 101 Å². The number of amides is 3. The zero-order valence-corrected chi connectivity index (χ0v) is 19.2. The zero-order chi connectivity index (χ0) is 24.9. The SMILES string of the molecule is CCOc1ccccc1NC(=O)C(=O)Nn1c(C(=O)Nc2ccccc2F)cc2cc(Cl)ccc21. The van der Waals surface area contributed by atoms with Gasteiger partial charge in [0.25, 0.3) is 5.91 Å². The van der Waals surface area contributed by atoms with Crippen LogP contribution in [0.1, 0.15) is 17.4 Å². The molecule has 3 amide bonds. The fourth-order valence-corrected chi connectivity index (χ4v) is 3.59. The summed E-state index contributed by atoms with van der Waals surface area (Å²) in [6.07, 6.45) is 0. The Balaban J connectivity index is 1.63. The number of nitrogens with zero attached hydrogens (tertiary/aromatic N) is 1. The molecule has 0 aliphatic heterocycles. The number of nitrogens with one attached hydrogen (secondary N) is 3. The number of ether oxygens (including phenoxy) is 1. The molecule has 3 aromatic carbocycles. The number of hydrogen-bond acceptors (Lipinski definition) is 4. The lowest BCUT2D eigenvalue weighted by Crippen LogP contribution is -2.36. The summed E-state index contributed by atoms with van der Waals surface area (Å²) < 4.78 is 20.7. The molecule has 178 valence electrons. The third-order valence-electron chi connectivity index (χ3n) is 4.97. The fraction of sp³-hybridized carbons (Fsp3) is 0.0800. The number of para-hydroxylation sites is 3. The van der Waals surface area contributed by atoms with Crippen molar-refractivity contribution in [2.75, 3.05) is 22.7 Å². The van der Waals surface area contributed by atoms with Crippen LogP contribution in [0.3, 0.4) is 0 Å². The molecule has 0 aliphatic carbocycles. The Morgan fingerprint density at radius 2 is 1.63 bits per heavy atom. The van der Waals surface area contributed by atoms with Crippen molar-refractivity contribution in [3.8, 4) is 5.75 Å². The van der Waals surface area contributed by atoms with Crippen LogP contribution in [0.5, 0.6) is 5.75 Å². The van der Waals surface area contributed by atoms with Crippen molar-refractivity contribution in [2.45, 2.75) is 6.92 Å². The van der Waals surface area contributed by atoms with Gasteiger partial charge < -0.3 is 15.4 Å². The van der Waals surface area contributed by atoms with Gasteiger partial charge in [-0.15, -0.1) is 0 Å². The molecule has 0 spiro atoms. The van der Waals surface area contributed by atoms with Gasteiger partial charge in [0.05, 0.1) is 23.5 Å². The van der Waals surface area contributed by atoms with Crippen molar-refractivity contribution in [1.29, 1.82) is 0 Å². The van der Waals surface area contributed by atoms with E-state index in [-0.39, 0.29) is 11.4 Å². The highest BCUT2D eigenvalue weighted by molar-refractivity contribution is 6.42. The number of rotatable bonds is 6. The molecular weight excluding hydrogens is 475 g/mol. The first-order chi connectivity index (χ1) is 16.9. The summed E-state index contributed by atoms with van der Waals surface area (Å²) in [5.74, 6) is -2.94. The standard InChI is InChI=1S/C25H20ClFN4O4/c1-2-35-22-10-6-5-9-19(22)29-24(33)25(34)30-31-20-12-11-16(26)13-15(20)14-21(31)23(32)28-18-8-4-3-7-17(18)27/h3-14H,2H2,1H3,(H,28,32)(H,29,33)(H,30,34). The van der Waals surface area contributed by atoms with Crippen LogP contribution >= 0.6 is 11.6 Å². The van der Waals surface area contributed by atoms with E-state index in [1.54, 1.807) is 55.5 Å². The molecule has 0 saturated heterocycles. The Bertz CT molecular complexity index is 1440. The quantitative estimate of drug-likeness (QED) is 0.335. The van der Waals surface area contributed by atoms with E-state index >= 15 is 0 Å². The van der Waals surface area contributed by atoms with Gasteiger partial charge in [-0.3, -0.25) is 19.8 Å². The highest BCUT2D eigenvalue weighted by Crippen LogP contribution is 2.25. The monoisotopic (exact) mass is 494 g/mol. The molecule has 1 heterocycles. The Hall–Kier alpha value is -4.37. The van der Waals surface area contributed by atoms with E-state index in [1.165, 1.54) is 24.3 Å². The van der Waals surface area contributed by atoms with Gasteiger partial charge in [0.2, 0.25) is 0 Å². The minimum atomic E-state index is -1.04. The van der Waals surface area contributed by atoms with Crippen molar-refractivity contribution < 1.29 is 23.5 Å². The summed E-state index contributed by atoms with van der Waals surface area (Å²) in [7, 11) is 0. The summed E-state index contributed by atoms with van der Waals surface area (Å²) in [6, 6.07) is 18.6. The molecule has 3 N–H and O–H groups in total. The molecule has 1 aromatic heterocycles. The second-order valence-electron chi connectivity index (χ2n) is 7.33. The van der Waals surface area contributed by atoms with E-state index in [2.05, 4.69) is 16.1 Å². The van der Waals surface area contributed by atoms with Gasteiger partial charge >= 0.3 is 11.8 Å². The molecule has 0 saturated carbocycles. The first-order valence-electron chi connectivity index (χ1n) is 10.6. The van der Waals surface area contributed by atoms with Crippen LogP contribution in [0.2, 0.25) is 5.02 Å². The van der Waals surface area contributed by atoms with Gasteiger partial charge in [-0.25, -0.2) is 9.07 Å². The van der Waals surface area contributed by atoms with E-state index in [0.717, 1.165) is 4.68 Å². The average Bonchev–Trinajstić information content (AvgIpc) is 3.19. The number of fused-ring (bicyclic) bond motifs is 1. The summed E-state index contributed by atoms with van der Waals surface area (Å²) in [5.41, 5.74) is 3.08. The first kappa shape index (κ1) is 23.8. The van der Waals surface area contributed by atoms with E-state index in [0.29, 0.717) is 34.0 Å². The van der Waals surface area contributed by atoms with Crippen molar-refractivity contribution in [2.24, 2.45) is 0 Å². The number of hydrogen-bond donors (Lipinski definition) is 3. The molecule has 4 rings (SSSR count). The lowest BCUT2D eigenvalue weighted by Gasteiger charge is -2.14. The zero-order valence-electron chi connectivity index (χ0n) is 18.5. The lowest BCUT2D eigenvalue weighted by atomic mass is 10.2. The van der Waals surface area contributed by atoms with Crippen molar-refractivity contribution >= 4 is 51.6 Å². The number of aromatic nitrogens is 1. The molecule has 0 fully saturated rings. The van der Waals surface area contributed by atoms with Crippen molar-refractivity contribution in [1.82, 2.24) is 4.68 Å². The summed E-state index contributed by atoms with van der Waals surface area (Å²) >= 11 is 6.07. The number of halogens is 2.